The third-order valence-corrected chi connectivity index (χ3v) is 3.41. The minimum Gasteiger partial charge on any atom is -0.384 e. The minimum absolute atomic E-state index is 0.502. The van der Waals surface area contributed by atoms with Crippen LogP contribution in [0.1, 0.15) is 27.9 Å². The highest BCUT2D eigenvalue weighted by molar-refractivity contribution is 5.58. The third kappa shape index (κ3) is 2.17. The van der Waals surface area contributed by atoms with Crippen molar-refractivity contribution in [2.24, 2.45) is 0 Å². The Balaban J connectivity index is 2.39. The molecule has 0 aliphatic heterocycles. The topological polar surface area (TPSA) is 78.5 Å². The molecule has 0 saturated heterocycles. The predicted molar refractivity (Wildman–Crippen MR) is 73.3 cm³/mol. The molecule has 4 nitrogen and oxygen atoms in total. The number of aromatic nitrogens is 1. The van der Waals surface area contributed by atoms with Gasteiger partial charge in [-0.25, -0.2) is 0 Å². The van der Waals surface area contributed by atoms with E-state index >= 15 is 0 Å². The summed E-state index contributed by atoms with van der Waals surface area (Å²) in [6.45, 7) is 4.46. The average molecular weight is 250 g/mol. The second-order valence-corrected chi connectivity index (χ2v) is 4.48. The molecule has 1 aromatic heterocycles. The van der Waals surface area contributed by atoms with Gasteiger partial charge < -0.3 is 10.3 Å². The number of benzene rings is 1. The van der Waals surface area contributed by atoms with E-state index in [1.807, 2.05) is 30.5 Å². The molecule has 0 spiro atoms. The summed E-state index contributed by atoms with van der Waals surface area (Å²) in [5.74, 6) is 0.502. The van der Waals surface area contributed by atoms with Crippen LogP contribution in [0.25, 0.3) is 0 Å². The van der Waals surface area contributed by atoms with Crippen LogP contribution in [-0.2, 0) is 6.54 Å². The van der Waals surface area contributed by atoms with E-state index in [2.05, 4.69) is 12.1 Å². The highest BCUT2D eigenvalue weighted by Crippen LogP contribution is 2.24. The van der Waals surface area contributed by atoms with Crippen LogP contribution in [0.15, 0.2) is 24.3 Å². The van der Waals surface area contributed by atoms with Crippen molar-refractivity contribution in [1.29, 1.82) is 10.5 Å². The Bertz CT molecular complexity index is 694. The van der Waals surface area contributed by atoms with Crippen molar-refractivity contribution in [3.05, 3.63) is 52.2 Å². The van der Waals surface area contributed by atoms with Gasteiger partial charge in [0.05, 0.1) is 17.2 Å². The smallest absolute Gasteiger partial charge is 0.122 e. The van der Waals surface area contributed by atoms with Crippen LogP contribution in [0, 0.1) is 36.5 Å². The van der Waals surface area contributed by atoms with Crippen molar-refractivity contribution in [2.45, 2.75) is 20.4 Å². The summed E-state index contributed by atoms with van der Waals surface area (Å²) in [4.78, 5) is 0. The summed E-state index contributed by atoms with van der Waals surface area (Å²) >= 11 is 0. The van der Waals surface area contributed by atoms with Crippen LogP contribution in [0.4, 0.5) is 5.82 Å². The molecule has 94 valence electrons. The second kappa shape index (κ2) is 4.88. The maximum atomic E-state index is 9.09. The summed E-state index contributed by atoms with van der Waals surface area (Å²) in [7, 11) is 0. The number of rotatable bonds is 2. The molecule has 4 heteroatoms. The maximum Gasteiger partial charge on any atom is 0.122 e. The fourth-order valence-corrected chi connectivity index (χ4v) is 2.10. The molecule has 2 N–H and O–H groups in total. The van der Waals surface area contributed by atoms with Gasteiger partial charge in [-0.05, 0) is 37.1 Å². The maximum absolute atomic E-state index is 9.09. The van der Waals surface area contributed by atoms with E-state index in [1.165, 1.54) is 0 Å². The lowest BCUT2D eigenvalue weighted by Crippen LogP contribution is -2.06. The first-order valence-electron chi connectivity index (χ1n) is 5.92. The predicted octanol–water partition coefficient (Wildman–Crippen LogP) is 2.48. The molecule has 19 heavy (non-hydrogen) atoms. The number of nitrogens with two attached hydrogens (primary N) is 1. The van der Waals surface area contributed by atoms with Crippen molar-refractivity contribution in [3.63, 3.8) is 0 Å². The first kappa shape index (κ1) is 12.7. The Kier molecular flexibility index (Phi) is 3.27. The number of hydrogen-bond donors (Lipinski definition) is 1. The van der Waals surface area contributed by atoms with Gasteiger partial charge in [0.25, 0.3) is 0 Å². The van der Waals surface area contributed by atoms with Gasteiger partial charge in [0.1, 0.15) is 11.9 Å². The fourth-order valence-electron chi connectivity index (χ4n) is 2.10. The molecule has 0 saturated carbocycles. The zero-order valence-electron chi connectivity index (χ0n) is 10.9. The molecule has 0 atom stereocenters. The van der Waals surface area contributed by atoms with Crippen LogP contribution >= 0.6 is 0 Å². The normalized spacial score (nSPS) is 9.89. The van der Waals surface area contributed by atoms with Crippen molar-refractivity contribution >= 4 is 5.82 Å². The van der Waals surface area contributed by atoms with Gasteiger partial charge in [0.15, 0.2) is 0 Å². The van der Waals surface area contributed by atoms with Crippen molar-refractivity contribution in [1.82, 2.24) is 4.57 Å². The lowest BCUT2D eigenvalue weighted by atomic mass is 10.1. The molecule has 0 amide bonds. The van der Waals surface area contributed by atoms with Crippen LogP contribution < -0.4 is 5.73 Å². The highest BCUT2D eigenvalue weighted by atomic mass is 15.1. The van der Waals surface area contributed by atoms with Gasteiger partial charge in [0, 0.05) is 12.2 Å². The third-order valence-electron chi connectivity index (χ3n) is 3.41. The number of nitrogens with zero attached hydrogens (tertiary/aromatic N) is 3. The highest BCUT2D eigenvalue weighted by Gasteiger charge is 2.14. The Morgan fingerprint density at radius 3 is 2.21 bits per heavy atom. The quantitative estimate of drug-likeness (QED) is 0.889. The van der Waals surface area contributed by atoms with E-state index in [0.29, 0.717) is 23.5 Å². The zero-order chi connectivity index (χ0) is 14.0. The molecule has 1 heterocycles. The lowest BCUT2D eigenvalue weighted by molar-refractivity contribution is 0.783. The van der Waals surface area contributed by atoms with Crippen molar-refractivity contribution in [2.75, 3.05) is 5.73 Å². The lowest BCUT2D eigenvalue weighted by Gasteiger charge is -2.09. The molecule has 0 aliphatic rings. The first-order chi connectivity index (χ1) is 9.08. The molecule has 1 aromatic carbocycles. The van der Waals surface area contributed by atoms with Gasteiger partial charge in [-0.1, -0.05) is 12.1 Å². The summed E-state index contributed by atoms with van der Waals surface area (Å²) in [5, 5.41) is 17.9. The summed E-state index contributed by atoms with van der Waals surface area (Å²) in [6.07, 6.45) is 0. The van der Waals surface area contributed by atoms with E-state index in [0.717, 1.165) is 16.8 Å². The van der Waals surface area contributed by atoms with E-state index in [9.17, 15) is 0 Å². The minimum atomic E-state index is 0.502. The molecule has 0 aliphatic carbocycles. The molecule has 0 fully saturated rings. The standard InChI is InChI=1S/C15H14N4/c1-10-11(2)19(15(18)14(10)8-17)9-13-5-3-12(7-16)4-6-13/h3-6H,9,18H2,1-2H3. The van der Waals surface area contributed by atoms with E-state index in [1.54, 1.807) is 12.1 Å². The zero-order valence-corrected chi connectivity index (χ0v) is 10.9. The molecule has 0 unspecified atom stereocenters. The number of anilines is 1. The number of nitriles is 2. The first-order valence-corrected chi connectivity index (χ1v) is 5.92. The molecule has 2 aromatic rings. The van der Waals surface area contributed by atoms with Gasteiger partial charge in [0.2, 0.25) is 0 Å². The number of nitrogen functional groups attached to an aromatic ring is 1. The summed E-state index contributed by atoms with van der Waals surface area (Å²) < 4.78 is 1.93. The fraction of sp³-hybridized carbons (Fsp3) is 0.200. The summed E-state index contributed by atoms with van der Waals surface area (Å²) in [5.41, 5.74) is 10.2. The average Bonchev–Trinajstić information content (AvgIpc) is 2.63. The van der Waals surface area contributed by atoms with Crippen LogP contribution in [0.2, 0.25) is 0 Å². The van der Waals surface area contributed by atoms with Gasteiger partial charge in [-0.3, -0.25) is 0 Å². The Labute approximate surface area is 112 Å². The monoisotopic (exact) mass is 250 g/mol. The largest absolute Gasteiger partial charge is 0.384 e. The molecular weight excluding hydrogens is 236 g/mol. The Morgan fingerprint density at radius 1 is 1.11 bits per heavy atom. The van der Waals surface area contributed by atoms with E-state index in [4.69, 9.17) is 16.3 Å². The molecule has 2 rings (SSSR count). The molecule has 0 bridgehead atoms. The second-order valence-electron chi connectivity index (χ2n) is 4.48. The van der Waals surface area contributed by atoms with Crippen molar-refractivity contribution in [3.8, 4) is 12.1 Å². The molecule has 0 radical (unpaired) electrons. The van der Waals surface area contributed by atoms with E-state index < -0.39 is 0 Å². The van der Waals surface area contributed by atoms with Crippen LogP contribution in [-0.4, -0.2) is 4.57 Å². The number of hydrogen-bond acceptors (Lipinski definition) is 3. The Hall–Kier alpha value is -2.72. The van der Waals surface area contributed by atoms with Crippen molar-refractivity contribution < 1.29 is 0 Å². The van der Waals surface area contributed by atoms with Gasteiger partial charge in [-0.15, -0.1) is 0 Å². The van der Waals surface area contributed by atoms with Gasteiger partial charge >= 0.3 is 0 Å². The summed E-state index contributed by atoms with van der Waals surface area (Å²) in [6, 6.07) is 11.6. The molecular formula is C15H14N4. The van der Waals surface area contributed by atoms with Gasteiger partial charge in [-0.2, -0.15) is 10.5 Å². The Morgan fingerprint density at radius 2 is 1.74 bits per heavy atom. The van der Waals surface area contributed by atoms with E-state index in [-0.39, 0.29) is 0 Å². The van der Waals surface area contributed by atoms with Crippen LogP contribution in [0.5, 0.6) is 0 Å². The SMILES string of the molecule is Cc1c(C#N)c(N)n(Cc2ccc(C#N)cc2)c1C. The van der Waals surface area contributed by atoms with Crippen LogP contribution in [0.3, 0.4) is 0 Å².